The largest absolute Gasteiger partial charge is 0.417 e. The first-order valence-electron chi connectivity index (χ1n) is 5.78. The molecule has 2 aromatic rings. The molecule has 96 valence electrons. The van der Waals surface area contributed by atoms with E-state index in [4.69, 9.17) is 10.2 Å². The summed E-state index contributed by atoms with van der Waals surface area (Å²) in [6, 6.07) is 4.97. The van der Waals surface area contributed by atoms with Crippen LogP contribution in [0.5, 0.6) is 0 Å². The van der Waals surface area contributed by atoms with Gasteiger partial charge in [-0.3, -0.25) is 9.78 Å². The molecule has 0 aliphatic rings. The zero-order valence-electron chi connectivity index (χ0n) is 10.0. The molecular weight excluding hydrogens is 234 g/mol. The Balaban J connectivity index is 2.21. The van der Waals surface area contributed by atoms with Crippen LogP contribution >= 0.6 is 0 Å². The minimum atomic E-state index is -0.512. The Hall–Kier alpha value is -2.08. The quantitative estimate of drug-likeness (QED) is 0.753. The van der Waals surface area contributed by atoms with Crippen molar-refractivity contribution in [3.8, 4) is 0 Å². The van der Waals surface area contributed by atoms with Gasteiger partial charge in [-0.05, 0) is 24.6 Å². The van der Waals surface area contributed by atoms with Crippen molar-refractivity contribution in [2.75, 3.05) is 11.9 Å². The minimum Gasteiger partial charge on any atom is -0.408 e. The number of aromatic nitrogens is 1. The molecular formula is C12H15N3O3. The number of hydrogen-bond acceptors (Lipinski definition) is 4. The van der Waals surface area contributed by atoms with E-state index in [2.05, 4.69) is 10.3 Å². The highest BCUT2D eigenvalue weighted by atomic mass is 16.4. The van der Waals surface area contributed by atoms with E-state index in [1.807, 2.05) is 6.92 Å². The molecule has 0 fully saturated rings. The zero-order chi connectivity index (χ0) is 13.1. The van der Waals surface area contributed by atoms with Gasteiger partial charge in [0, 0.05) is 12.2 Å². The van der Waals surface area contributed by atoms with Gasteiger partial charge in [0.1, 0.15) is 0 Å². The van der Waals surface area contributed by atoms with E-state index in [-0.39, 0.29) is 11.8 Å². The van der Waals surface area contributed by atoms with Crippen LogP contribution in [0, 0.1) is 5.92 Å². The maximum Gasteiger partial charge on any atom is 0.417 e. The number of fused-ring (bicyclic) bond motifs is 1. The molecule has 0 aliphatic carbocycles. The van der Waals surface area contributed by atoms with Crippen molar-refractivity contribution in [2.45, 2.75) is 13.3 Å². The predicted molar refractivity (Wildman–Crippen MR) is 68.3 cm³/mol. The number of oxazole rings is 1. The smallest absolute Gasteiger partial charge is 0.408 e. The van der Waals surface area contributed by atoms with Crippen LogP contribution in [0.2, 0.25) is 0 Å². The van der Waals surface area contributed by atoms with E-state index in [1.165, 1.54) is 0 Å². The van der Waals surface area contributed by atoms with E-state index < -0.39 is 5.76 Å². The highest BCUT2D eigenvalue weighted by Crippen LogP contribution is 2.17. The van der Waals surface area contributed by atoms with Crippen LogP contribution in [0.15, 0.2) is 27.4 Å². The first kappa shape index (κ1) is 12.4. The molecule has 0 bridgehead atoms. The van der Waals surface area contributed by atoms with Gasteiger partial charge in [-0.15, -0.1) is 0 Å². The average Bonchev–Trinajstić information content (AvgIpc) is 2.70. The van der Waals surface area contributed by atoms with Crippen LogP contribution in [0.1, 0.15) is 13.3 Å². The minimum absolute atomic E-state index is 0.120. The summed E-state index contributed by atoms with van der Waals surface area (Å²) in [6.45, 7) is 2.22. The van der Waals surface area contributed by atoms with Gasteiger partial charge in [-0.25, -0.2) is 4.79 Å². The Morgan fingerprint density at radius 1 is 1.56 bits per heavy atom. The Labute approximate surface area is 103 Å². The van der Waals surface area contributed by atoms with Crippen LogP contribution in [0.3, 0.4) is 0 Å². The standard InChI is InChI=1S/C12H15N3O3/c1-2-7(6-13)11(16)14-8-3-4-10-9(5-8)15-12(17)18-10/h3-5,7H,2,6,13H2,1H3,(H,14,16)(H,15,17). The van der Waals surface area contributed by atoms with Crippen LogP contribution in [-0.4, -0.2) is 17.4 Å². The number of amides is 1. The second kappa shape index (κ2) is 5.05. The van der Waals surface area contributed by atoms with Crippen molar-refractivity contribution >= 4 is 22.7 Å². The molecule has 18 heavy (non-hydrogen) atoms. The number of hydrogen-bond donors (Lipinski definition) is 3. The van der Waals surface area contributed by atoms with Crippen LogP contribution < -0.4 is 16.8 Å². The lowest BCUT2D eigenvalue weighted by atomic mass is 10.1. The van der Waals surface area contributed by atoms with Crippen molar-refractivity contribution < 1.29 is 9.21 Å². The Kier molecular flexibility index (Phi) is 3.47. The maximum atomic E-state index is 11.8. The number of rotatable bonds is 4. The molecule has 1 aromatic carbocycles. The molecule has 0 saturated carbocycles. The lowest BCUT2D eigenvalue weighted by Crippen LogP contribution is -2.28. The zero-order valence-corrected chi connectivity index (χ0v) is 10.0. The normalized spacial score (nSPS) is 12.6. The SMILES string of the molecule is CCC(CN)C(=O)Nc1ccc2oc(=O)[nH]c2c1. The second-order valence-electron chi connectivity index (χ2n) is 4.06. The molecule has 2 rings (SSSR count). The van der Waals surface area contributed by atoms with Crippen LogP contribution in [0.25, 0.3) is 11.1 Å². The summed E-state index contributed by atoms with van der Waals surface area (Å²) in [7, 11) is 0. The molecule has 0 spiro atoms. The summed E-state index contributed by atoms with van der Waals surface area (Å²) < 4.78 is 4.87. The van der Waals surface area contributed by atoms with E-state index in [9.17, 15) is 9.59 Å². The summed E-state index contributed by atoms with van der Waals surface area (Å²) in [6.07, 6.45) is 0.688. The van der Waals surface area contributed by atoms with E-state index >= 15 is 0 Å². The monoisotopic (exact) mass is 249 g/mol. The Morgan fingerprint density at radius 2 is 2.33 bits per heavy atom. The van der Waals surface area contributed by atoms with E-state index in [1.54, 1.807) is 18.2 Å². The fraction of sp³-hybridized carbons (Fsp3) is 0.333. The van der Waals surface area contributed by atoms with Gasteiger partial charge in [-0.2, -0.15) is 0 Å². The summed E-state index contributed by atoms with van der Waals surface area (Å²) in [5, 5.41) is 2.76. The number of nitrogens with one attached hydrogen (secondary N) is 2. The van der Waals surface area contributed by atoms with Crippen LogP contribution in [-0.2, 0) is 4.79 Å². The average molecular weight is 249 g/mol. The van der Waals surface area contributed by atoms with E-state index in [0.29, 0.717) is 29.8 Å². The number of aromatic amines is 1. The third kappa shape index (κ3) is 2.43. The Bertz CT molecular complexity index is 610. The number of benzene rings is 1. The molecule has 0 aliphatic heterocycles. The molecule has 1 amide bonds. The first-order chi connectivity index (χ1) is 8.63. The topological polar surface area (TPSA) is 101 Å². The van der Waals surface area contributed by atoms with Crippen molar-refractivity contribution in [1.82, 2.24) is 4.98 Å². The van der Waals surface area contributed by atoms with Gasteiger partial charge in [0.2, 0.25) is 5.91 Å². The number of H-pyrrole nitrogens is 1. The summed E-state index contributed by atoms with van der Waals surface area (Å²) in [5.74, 6) is -0.837. The predicted octanol–water partition coefficient (Wildman–Crippen LogP) is 1.04. The van der Waals surface area contributed by atoms with Crippen molar-refractivity contribution in [1.29, 1.82) is 0 Å². The molecule has 4 N–H and O–H groups in total. The van der Waals surface area contributed by atoms with Crippen molar-refractivity contribution in [3.63, 3.8) is 0 Å². The number of carbonyl (C=O) groups is 1. The highest BCUT2D eigenvalue weighted by Gasteiger charge is 2.14. The van der Waals surface area contributed by atoms with Crippen molar-refractivity contribution in [3.05, 3.63) is 28.7 Å². The molecule has 1 atom stereocenters. The first-order valence-corrected chi connectivity index (χ1v) is 5.78. The fourth-order valence-electron chi connectivity index (χ4n) is 1.73. The van der Waals surface area contributed by atoms with E-state index in [0.717, 1.165) is 0 Å². The molecule has 6 nitrogen and oxygen atoms in total. The molecule has 1 aromatic heterocycles. The summed E-state index contributed by atoms with van der Waals surface area (Å²) in [5.41, 5.74) is 7.13. The molecule has 1 heterocycles. The molecule has 6 heteroatoms. The molecule has 0 saturated heterocycles. The lowest BCUT2D eigenvalue weighted by Gasteiger charge is -2.12. The van der Waals surface area contributed by atoms with Crippen LogP contribution in [0.4, 0.5) is 5.69 Å². The third-order valence-electron chi connectivity index (χ3n) is 2.83. The summed E-state index contributed by atoms with van der Waals surface area (Å²) in [4.78, 5) is 25.4. The molecule has 0 radical (unpaired) electrons. The highest BCUT2D eigenvalue weighted by molar-refractivity contribution is 5.94. The maximum absolute atomic E-state index is 11.8. The fourth-order valence-corrected chi connectivity index (χ4v) is 1.73. The third-order valence-corrected chi connectivity index (χ3v) is 2.83. The van der Waals surface area contributed by atoms with Crippen molar-refractivity contribution in [2.24, 2.45) is 11.7 Å². The Morgan fingerprint density at radius 3 is 3.00 bits per heavy atom. The van der Waals surface area contributed by atoms with Gasteiger partial charge in [-0.1, -0.05) is 6.92 Å². The number of carbonyl (C=O) groups excluding carboxylic acids is 1. The number of nitrogens with two attached hydrogens (primary N) is 1. The van der Waals surface area contributed by atoms with Gasteiger partial charge in [0.25, 0.3) is 0 Å². The molecule has 1 unspecified atom stereocenters. The van der Waals surface area contributed by atoms with Gasteiger partial charge in [0.15, 0.2) is 5.58 Å². The lowest BCUT2D eigenvalue weighted by molar-refractivity contribution is -0.119. The second-order valence-corrected chi connectivity index (χ2v) is 4.06. The van der Waals surface area contributed by atoms with Gasteiger partial charge >= 0.3 is 5.76 Å². The summed E-state index contributed by atoms with van der Waals surface area (Å²) >= 11 is 0. The number of anilines is 1. The van der Waals surface area contributed by atoms with Gasteiger partial charge in [0.05, 0.1) is 11.4 Å². The van der Waals surface area contributed by atoms with Gasteiger partial charge < -0.3 is 15.5 Å².